The normalized spacial score (nSPS) is 10.2. The first-order valence-electron chi connectivity index (χ1n) is 5.43. The molecule has 1 aromatic carbocycles. The van der Waals surface area contributed by atoms with Crippen LogP contribution in [-0.2, 0) is 6.54 Å². The number of rotatable bonds is 2. The Bertz CT molecular complexity index is 591. The van der Waals surface area contributed by atoms with Gasteiger partial charge in [0.05, 0.1) is 0 Å². The summed E-state index contributed by atoms with van der Waals surface area (Å²) in [4.78, 5) is 0. The van der Waals surface area contributed by atoms with Crippen LogP contribution in [0.3, 0.4) is 0 Å². The van der Waals surface area contributed by atoms with Gasteiger partial charge in [0, 0.05) is 17.3 Å². The summed E-state index contributed by atoms with van der Waals surface area (Å²) in [6.45, 7) is 4.65. The fraction of sp³-hybridized carbons (Fsp3) is 0.214. The molecule has 0 aliphatic heterocycles. The van der Waals surface area contributed by atoms with E-state index in [1.807, 2.05) is 48.7 Å². The van der Waals surface area contributed by atoms with Crippen LogP contribution in [-0.4, -0.2) is 4.57 Å². The number of nitrogens with zero attached hydrogens (tertiary/aromatic N) is 2. The molecule has 2 aromatic rings. The Kier molecular flexibility index (Phi) is 3.21. The van der Waals surface area contributed by atoms with Crippen molar-refractivity contribution < 1.29 is 0 Å². The minimum absolute atomic E-state index is 0.684. The van der Waals surface area contributed by atoms with Gasteiger partial charge in [-0.2, -0.15) is 5.26 Å². The van der Waals surface area contributed by atoms with Gasteiger partial charge in [-0.1, -0.05) is 23.7 Å². The van der Waals surface area contributed by atoms with E-state index in [-0.39, 0.29) is 0 Å². The third-order valence-electron chi connectivity index (χ3n) is 2.83. The third kappa shape index (κ3) is 2.35. The van der Waals surface area contributed by atoms with Gasteiger partial charge in [0.1, 0.15) is 11.8 Å². The first kappa shape index (κ1) is 11.8. The van der Waals surface area contributed by atoms with E-state index >= 15 is 0 Å². The van der Waals surface area contributed by atoms with Gasteiger partial charge in [0.25, 0.3) is 0 Å². The maximum absolute atomic E-state index is 9.15. The number of hydrogen-bond acceptors (Lipinski definition) is 1. The van der Waals surface area contributed by atoms with Gasteiger partial charge < -0.3 is 4.57 Å². The number of aromatic nitrogens is 1. The molecule has 0 radical (unpaired) electrons. The molecule has 0 saturated carbocycles. The summed E-state index contributed by atoms with van der Waals surface area (Å²) in [6.07, 6.45) is 0. The quantitative estimate of drug-likeness (QED) is 0.792. The molecule has 1 heterocycles. The standard InChI is InChI=1S/C14H13ClN2/c1-10-6-11(2)17(14(10)8-16)9-12-4-3-5-13(15)7-12/h3-7H,9H2,1-2H3. The van der Waals surface area contributed by atoms with Crippen molar-refractivity contribution in [1.29, 1.82) is 5.26 Å². The number of hydrogen-bond donors (Lipinski definition) is 0. The van der Waals surface area contributed by atoms with Crippen molar-refractivity contribution in [1.82, 2.24) is 4.57 Å². The van der Waals surface area contributed by atoms with Gasteiger partial charge in [-0.25, -0.2) is 0 Å². The molecule has 0 aliphatic carbocycles. The highest BCUT2D eigenvalue weighted by Gasteiger charge is 2.09. The fourth-order valence-electron chi connectivity index (χ4n) is 2.02. The van der Waals surface area contributed by atoms with E-state index in [1.165, 1.54) is 0 Å². The zero-order valence-electron chi connectivity index (χ0n) is 9.87. The molecule has 0 bridgehead atoms. The fourth-order valence-corrected chi connectivity index (χ4v) is 2.23. The maximum Gasteiger partial charge on any atom is 0.123 e. The summed E-state index contributed by atoms with van der Waals surface area (Å²) >= 11 is 5.96. The van der Waals surface area contributed by atoms with Gasteiger partial charge in [-0.3, -0.25) is 0 Å². The Balaban J connectivity index is 2.40. The van der Waals surface area contributed by atoms with Crippen LogP contribution < -0.4 is 0 Å². The zero-order chi connectivity index (χ0) is 12.4. The average molecular weight is 245 g/mol. The van der Waals surface area contributed by atoms with Gasteiger partial charge >= 0.3 is 0 Å². The van der Waals surface area contributed by atoms with E-state index in [9.17, 15) is 0 Å². The van der Waals surface area contributed by atoms with Crippen LogP contribution in [0.25, 0.3) is 0 Å². The molecule has 0 saturated heterocycles. The number of aryl methyl sites for hydroxylation is 2. The first-order valence-corrected chi connectivity index (χ1v) is 5.81. The monoisotopic (exact) mass is 244 g/mol. The zero-order valence-corrected chi connectivity index (χ0v) is 10.6. The summed E-state index contributed by atoms with van der Waals surface area (Å²) in [5.74, 6) is 0. The lowest BCUT2D eigenvalue weighted by Crippen LogP contribution is -2.04. The van der Waals surface area contributed by atoms with Crippen LogP contribution in [0.2, 0.25) is 5.02 Å². The molecule has 0 aliphatic rings. The first-order chi connectivity index (χ1) is 8.11. The largest absolute Gasteiger partial charge is 0.332 e. The average Bonchev–Trinajstić information content (AvgIpc) is 2.53. The second-order valence-corrected chi connectivity index (χ2v) is 4.58. The SMILES string of the molecule is Cc1cc(C)n(Cc2cccc(Cl)c2)c1C#N. The maximum atomic E-state index is 9.15. The van der Waals surface area contributed by atoms with Crippen molar-refractivity contribution in [2.45, 2.75) is 20.4 Å². The van der Waals surface area contributed by atoms with Gasteiger partial charge in [-0.15, -0.1) is 0 Å². The molecular weight excluding hydrogens is 232 g/mol. The lowest BCUT2D eigenvalue weighted by Gasteiger charge is -2.08. The Morgan fingerprint density at radius 1 is 1.29 bits per heavy atom. The van der Waals surface area contributed by atoms with Gasteiger partial charge in [0.15, 0.2) is 0 Å². The molecule has 0 atom stereocenters. The van der Waals surface area contributed by atoms with E-state index in [4.69, 9.17) is 16.9 Å². The molecule has 0 fully saturated rings. The minimum atomic E-state index is 0.684. The molecule has 2 rings (SSSR count). The number of halogens is 1. The van der Waals surface area contributed by atoms with E-state index in [2.05, 4.69) is 6.07 Å². The molecular formula is C14H13ClN2. The van der Waals surface area contributed by atoms with Crippen molar-refractivity contribution in [2.75, 3.05) is 0 Å². The molecule has 0 spiro atoms. The Labute approximate surface area is 106 Å². The van der Waals surface area contributed by atoms with Crippen molar-refractivity contribution in [3.63, 3.8) is 0 Å². The molecule has 1 aromatic heterocycles. The minimum Gasteiger partial charge on any atom is -0.332 e. The topological polar surface area (TPSA) is 28.7 Å². The molecule has 2 nitrogen and oxygen atoms in total. The Hall–Kier alpha value is -1.72. The summed E-state index contributed by atoms with van der Waals surface area (Å²) in [6, 6.07) is 12.0. The summed E-state index contributed by atoms with van der Waals surface area (Å²) in [7, 11) is 0. The van der Waals surface area contributed by atoms with Crippen molar-refractivity contribution >= 4 is 11.6 Å². The molecule has 0 N–H and O–H groups in total. The Morgan fingerprint density at radius 2 is 2.06 bits per heavy atom. The number of benzene rings is 1. The summed E-state index contributed by atoms with van der Waals surface area (Å²) < 4.78 is 2.01. The Morgan fingerprint density at radius 3 is 2.71 bits per heavy atom. The van der Waals surface area contributed by atoms with Crippen molar-refractivity contribution in [3.8, 4) is 6.07 Å². The van der Waals surface area contributed by atoms with Gasteiger partial charge in [-0.05, 0) is 43.2 Å². The lowest BCUT2D eigenvalue weighted by molar-refractivity contribution is 0.763. The van der Waals surface area contributed by atoms with Crippen molar-refractivity contribution in [3.05, 3.63) is 57.9 Å². The molecule has 0 amide bonds. The second-order valence-electron chi connectivity index (χ2n) is 4.15. The van der Waals surface area contributed by atoms with E-state index in [0.717, 1.165) is 27.5 Å². The van der Waals surface area contributed by atoms with E-state index in [1.54, 1.807) is 0 Å². The lowest BCUT2D eigenvalue weighted by atomic mass is 10.2. The number of nitriles is 1. The third-order valence-corrected chi connectivity index (χ3v) is 3.07. The highest BCUT2D eigenvalue weighted by atomic mass is 35.5. The smallest absolute Gasteiger partial charge is 0.123 e. The van der Waals surface area contributed by atoms with Crippen LogP contribution in [0.5, 0.6) is 0 Å². The summed E-state index contributed by atoms with van der Waals surface area (Å²) in [5.41, 5.74) is 3.95. The van der Waals surface area contributed by atoms with Crippen LogP contribution in [0.1, 0.15) is 22.5 Å². The molecule has 0 unspecified atom stereocenters. The van der Waals surface area contributed by atoms with E-state index in [0.29, 0.717) is 6.54 Å². The summed E-state index contributed by atoms with van der Waals surface area (Å²) in [5, 5.41) is 9.87. The van der Waals surface area contributed by atoms with Gasteiger partial charge in [0.2, 0.25) is 0 Å². The predicted molar refractivity (Wildman–Crippen MR) is 69.2 cm³/mol. The van der Waals surface area contributed by atoms with Crippen LogP contribution in [0.4, 0.5) is 0 Å². The van der Waals surface area contributed by atoms with Crippen LogP contribution in [0, 0.1) is 25.2 Å². The second kappa shape index (κ2) is 4.65. The molecule has 3 heteroatoms. The van der Waals surface area contributed by atoms with Crippen LogP contribution in [0.15, 0.2) is 30.3 Å². The van der Waals surface area contributed by atoms with E-state index < -0.39 is 0 Å². The van der Waals surface area contributed by atoms with Crippen LogP contribution >= 0.6 is 11.6 Å². The van der Waals surface area contributed by atoms with Crippen molar-refractivity contribution in [2.24, 2.45) is 0 Å². The molecule has 17 heavy (non-hydrogen) atoms. The molecule has 86 valence electrons. The highest BCUT2D eigenvalue weighted by Crippen LogP contribution is 2.18. The predicted octanol–water partition coefficient (Wildman–Crippen LogP) is 3.68. The highest BCUT2D eigenvalue weighted by molar-refractivity contribution is 6.30.